The topological polar surface area (TPSA) is 195 Å². The maximum Gasteiger partial charge on any atom is 0.222 e. The van der Waals surface area contributed by atoms with Crippen LogP contribution in [0.3, 0.4) is 0 Å². The third-order valence-corrected chi connectivity index (χ3v) is 6.72. The fourth-order valence-electron chi connectivity index (χ4n) is 4.22. The quantitative estimate of drug-likeness (QED) is 0.0785. The lowest BCUT2D eigenvalue weighted by Crippen LogP contribution is -2.40. The van der Waals surface area contributed by atoms with Gasteiger partial charge in [-0.3, -0.25) is 19.2 Å². The van der Waals surface area contributed by atoms with Gasteiger partial charge in [-0.2, -0.15) is 0 Å². The first-order valence-corrected chi connectivity index (χ1v) is 16.1. The van der Waals surface area contributed by atoms with E-state index in [4.69, 9.17) is 36.1 Å². The zero-order valence-electron chi connectivity index (χ0n) is 26.7. The lowest BCUT2D eigenvalue weighted by molar-refractivity contribution is -0.133. The van der Waals surface area contributed by atoms with Gasteiger partial charge in [-0.15, -0.1) is 0 Å². The van der Waals surface area contributed by atoms with E-state index in [9.17, 15) is 19.2 Å². The van der Waals surface area contributed by atoms with E-state index in [0.717, 1.165) is 32.1 Å². The Morgan fingerprint density at radius 3 is 1.51 bits per heavy atom. The van der Waals surface area contributed by atoms with E-state index in [1.54, 1.807) is 0 Å². The minimum Gasteiger partial charge on any atom is -0.381 e. The Morgan fingerprint density at radius 2 is 1.02 bits per heavy atom. The Morgan fingerprint density at radius 1 is 0.558 bits per heavy atom. The van der Waals surface area contributed by atoms with Gasteiger partial charge < -0.3 is 41.5 Å². The predicted molar refractivity (Wildman–Crippen MR) is 167 cm³/mol. The molecule has 0 saturated heterocycles. The third kappa shape index (κ3) is 25.2. The summed E-state index contributed by atoms with van der Waals surface area (Å²) in [4.78, 5) is 49.6. The number of nitrogens with one attached hydrogen (secondary N) is 1. The molecule has 12 nitrogen and oxygen atoms in total. The first-order chi connectivity index (χ1) is 20.8. The number of ether oxygens (including phenoxy) is 4. The number of hydrogen-bond acceptors (Lipinski definition) is 11. The summed E-state index contributed by atoms with van der Waals surface area (Å²) in [5, 5.41) is 2.79. The molecule has 0 aromatic carbocycles. The number of unbranched alkanes of at least 4 members (excludes halogenated alkanes) is 2. The molecule has 0 aliphatic rings. The van der Waals surface area contributed by atoms with Gasteiger partial charge in [0.15, 0.2) is 0 Å². The van der Waals surface area contributed by atoms with Crippen LogP contribution in [-0.2, 0) is 38.1 Å². The Balaban J connectivity index is 5.32. The third-order valence-electron chi connectivity index (χ3n) is 6.72. The van der Waals surface area contributed by atoms with Gasteiger partial charge in [0.2, 0.25) is 5.91 Å². The zero-order valence-corrected chi connectivity index (χ0v) is 26.7. The number of carbonyl (C=O) groups is 4. The van der Waals surface area contributed by atoms with E-state index in [0.29, 0.717) is 58.7 Å². The summed E-state index contributed by atoms with van der Waals surface area (Å²) in [7, 11) is 0. The highest BCUT2D eigenvalue weighted by atomic mass is 16.5. The number of ketones is 3. The first-order valence-electron chi connectivity index (χ1n) is 16.1. The highest BCUT2D eigenvalue weighted by Gasteiger charge is 2.34. The van der Waals surface area contributed by atoms with Crippen molar-refractivity contribution in [2.45, 2.75) is 90.4 Å². The first kappa shape index (κ1) is 41.2. The fourth-order valence-corrected chi connectivity index (χ4v) is 4.22. The SMILES string of the molecule is CCCOCCC(=O)CC(COCCC(=O)CCCCN)(COCCC(=O)CCCCN)COCCC(=O)NCCCN. The van der Waals surface area contributed by atoms with Crippen LogP contribution in [0, 0.1) is 5.41 Å². The summed E-state index contributed by atoms with van der Waals surface area (Å²) in [5.41, 5.74) is 15.6. The van der Waals surface area contributed by atoms with Gasteiger partial charge in [0.1, 0.15) is 17.3 Å². The van der Waals surface area contributed by atoms with Crippen molar-refractivity contribution in [1.29, 1.82) is 0 Å². The molecule has 0 unspecified atom stereocenters. The van der Waals surface area contributed by atoms with Gasteiger partial charge in [0.25, 0.3) is 0 Å². The molecule has 0 saturated carbocycles. The van der Waals surface area contributed by atoms with Gasteiger partial charge in [-0.1, -0.05) is 6.92 Å². The number of amides is 1. The van der Waals surface area contributed by atoms with E-state index in [-0.39, 0.29) is 95.0 Å². The summed E-state index contributed by atoms with van der Waals surface area (Å²) in [6.07, 6.45) is 6.62. The molecule has 252 valence electrons. The largest absolute Gasteiger partial charge is 0.381 e. The number of hydrogen-bond donors (Lipinski definition) is 4. The van der Waals surface area contributed by atoms with Crippen molar-refractivity contribution in [3.8, 4) is 0 Å². The standard InChI is InChI=1S/C31H60N4O8/c1-2-18-40-19-12-29(38)23-31(24-41-20-10-27(36)8-3-5-14-32,25-42-21-11-28(37)9-4-6-15-33)26-43-22-13-30(39)35-17-7-16-34/h2-26,32-34H2,1H3,(H,35,39). The van der Waals surface area contributed by atoms with Crippen molar-refractivity contribution in [1.82, 2.24) is 5.32 Å². The van der Waals surface area contributed by atoms with Crippen LogP contribution in [0.2, 0.25) is 0 Å². The normalized spacial score (nSPS) is 11.5. The van der Waals surface area contributed by atoms with Crippen LogP contribution < -0.4 is 22.5 Å². The van der Waals surface area contributed by atoms with E-state index in [2.05, 4.69) is 5.32 Å². The lowest BCUT2D eigenvalue weighted by atomic mass is 9.84. The van der Waals surface area contributed by atoms with Crippen molar-refractivity contribution in [3.05, 3.63) is 0 Å². The van der Waals surface area contributed by atoms with Crippen LogP contribution in [0.5, 0.6) is 0 Å². The Hall–Kier alpha value is -1.80. The molecule has 0 bridgehead atoms. The van der Waals surface area contributed by atoms with Gasteiger partial charge in [-0.05, 0) is 58.2 Å². The van der Waals surface area contributed by atoms with E-state index < -0.39 is 5.41 Å². The Kier molecular flexibility index (Phi) is 27.7. The molecule has 43 heavy (non-hydrogen) atoms. The second-order valence-electron chi connectivity index (χ2n) is 11.0. The molecule has 0 atom stereocenters. The van der Waals surface area contributed by atoms with E-state index >= 15 is 0 Å². The van der Waals surface area contributed by atoms with Crippen molar-refractivity contribution < 1.29 is 38.1 Å². The maximum atomic E-state index is 13.0. The number of nitrogens with two attached hydrogens (primary N) is 3. The van der Waals surface area contributed by atoms with Gasteiger partial charge >= 0.3 is 0 Å². The molecular formula is C31H60N4O8. The van der Waals surface area contributed by atoms with Crippen molar-refractivity contribution in [2.24, 2.45) is 22.6 Å². The van der Waals surface area contributed by atoms with Crippen LogP contribution in [0.1, 0.15) is 90.4 Å². The average Bonchev–Trinajstić information content (AvgIpc) is 2.98. The predicted octanol–water partition coefficient (Wildman–Crippen LogP) is 1.83. The van der Waals surface area contributed by atoms with Crippen LogP contribution in [0.15, 0.2) is 0 Å². The van der Waals surface area contributed by atoms with E-state index in [1.165, 1.54) is 0 Å². The Labute approximate surface area is 258 Å². The second-order valence-corrected chi connectivity index (χ2v) is 11.0. The molecule has 0 rings (SSSR count). The molecule has 0 aliphatic carbocycles. The molecule has 0 spiro atoms. The molecule has 0 aromatic heterocycles. The maximum absolute atomic E-state index is 13.0. The van der Waals surface area contributed by atoms with Gasteiger partial charge in [-0.25, -0.2) is 0 Å². The summed E-state index contributed by atoms with van der Waals surface area (Å²) in [6.45, 7) is 5.95. The van der Waals surface area contributed by atoms with Gasteiger partial charge in [0.05, 0.1) is 46.2 Å². The monoisotopic (exact) mass is 616 g/mol. The molecule has 12 heteroatoms. The molecule has 0 fully saturated rings. The highest BCUT2D eigenvalue weighted by molar-refractivity contribution is 5.79. The second kappa shape index (κ2) is 28.9. The number of rotatable bonds is 33. The van der Waals surface area contributed by atoms with Crippen molar-refractivity contribution >= 4 is 23.3 Å². The summed E-state index contributed by atoms with van der Waals surface area (Å²) in [6, 6.07) is 0. The summed E-state index contributed by atoms with van der Waals surface area (Å²) >= 11 is 0. The number of Topliss-reactive ketones (excluding diaryl/α,β-unsaturated/α-hetero) is 3. The Bertz CT molecular complexity index is 664. The molecule has 7 N–H and O–H groups in total. The fraction of sp³-hybridized carbons (Fsp3) is 0.871. The van der Waals surface area contributed by atoms with Gasteiger partial charge in [0, 0.05) is 63.5 Å². The highest BCUT2D eigenvalue weighted by Crippen LogP contribution is 2.26. The summed E-state index contributed by atoms with van der Waals surface area (Å²) in [5.74, 6) is 0.0353. The molecular weight excluding hydrogens is 556 g/mol. The number of carbonyl (C=O) groups excluding carboxylic acids is 4. The minimum atomic E-state index is -0.858. The molecule has 0 radical (unpaired) electrons. The molecule has 1 amide bonds. The average molecular weight is 617 g/mol. The molecule has 0 aliphatic heterocycles. The van der Waals surface area contributed by atoms with Crippen molar-refractivity contribution in [2.75, 3.05) is 79.0 Å². The molecule has 0 heterocycles. The van der Waals surface area contributed by atoms with E-state index in [1.807, 2.05) is 6.92 Å². The van der Waals surface area contributed by atoms with Crippen LogP contribution in [0.4, 0.5) is 0 Å². The lowest BCUT2D eigenvalue weighted by Gasteiger charge is -2.33. The molecule has 0 aromatic rings. The zero-order chi connectivity index (χ0) is 32.0. The van der Waals surface area contributed by atoms with Crippen LogP contribution >= 0.6 is 0 Å². The van der Waals surface area contributed by atoms with Crippen molar-refractivity contribution in [3.63, 3.8) is 0 Å². The summed E-state index contributed by atoms with van der Waals surface area (Å²) < 4.78 is 23.3. The van der Waals surface area contributed by atoms with Crippen LogP contribution in [0.25, 0.3) is 0 Å². The van der Waals surface area contributed by atoms with Crippen LogP contribution in [-0.4, -0.2) is 102 Å². The minimum absolute atomic E-state index is 0.0258. The smallest absolute Gasteiger partial charge is 0.222 e.